The highest BCUT2D eigenvalue weighted by molar-refractivity contribution is 9.10. The number of hydrogen-bond donors (Lipinski definition) is 2. The topological polar surface area (TPSA) is 56.7 Å². The van der Waals surface area contributed by atoms with Crippen molar-refractivity contribution in [2.24, 2.45) is 4.99 Å². The van der Waals surface area contributed by atoms with E-state index in [0.29, 0.717) is 18.4 Å². The molecule has 2 aliphatic rings. The normalized spacial score (nSPS) is 26.4. The van der Waals surface area contributed by atoms with E-state index in [0.717, 1.165) is 36.4 Å². The van der Waals surface area contributed by atoms with Crippen LogP contribution in [-0.4, -0.2) is 49.0 Å². The van der Waals surface area contributed by atoms with Crippen LogP contribution in [0.15, 0.2) is 33.7 Å². The van der Waals surface area contributed by atoms with Gasteiger partial charge < -0.3 is 15.5 Å². The molecule has 3 atom stereocenters. The van der Waals surface area contributed by atoms with Gasteiger partial charge in [0.05, 0.1) is 0 Å². The Hall–Kier alpha value is -1.56. The molecule has 24 heavy (non-hydrogen) atoms. The Bertz CT molecular complexity index is 616. The highest BCUT2D eigenvalue weighted by Gasteiger charge is 2.39. The summed E-state index contributed by atoms with van der Waals surface area (Å²) in [6.07, 6.45) is 2.69. The zero-order chi connectivity index (χ0) is 17.1. The highest BCUT2D eigenvalue weighted by atomic mass is 79.9. The molecule has 1 aromatic rings. The van der Waals surface area contributed by atoms with Crippen molar-refractivity contribution in [2.45, 2.75) is 44.2 Å². The number of rotatable bonds is 4. The fraction of sp³-hybridized carbons (Fsp3) is 0.556. The molecule has 2 fully saturated rings. The molecule has 0 aromatic heterocycles. The second-order valence-electron chi connectivity index (χ2n) is 6.54. The summed E-state index contributed by atoms with van der Waals surface area (Å²) < 4.78 is 1.11. The van der Waals surface area contributed by atoms with Gasteiger partial charge in [-0.2, -0.15) is 0 Å². The number of nitrogens with one attached hydrogen (secondary N) is 2. The van der Waals surface area contributed by atoms with Crippen LogP contribution in [0, 0.1) is 0 Å². The predicted octanol–water partition coefficient (Wildman–Crippen LogP) is 2.48. The Morgan fingerprint density at radius 1 is 1.33 bits per heavy atom. The van der Waals surface area contributed by atoms with Crippen molar-refractivity contribution >= 4 is 27.8 Å². The lowest BCUT2D eigenvalue weighted by Crippen LogP contribution is -2.46. The van der Waals surface area contributed by atoms with Gasteiger partial charge in [0.2, 0.25) is 5.91 Å². The fourth-order valence-electron chi connectivity index (χ4n) is 3.30. The van der Waals surface area contributed by atoms with Crippen molar-refractivity contribution in [2.75, 3.05) is 20.1 Å². The summed E-state index contributed by atoms with van der Waals surface area (Å²) in [5, 5.41) is 6.98. The van der Waals surface area contributed by atoms with E-state index < -0.39 is 0 Å². The number of likely N-dealkylation sites (tertiary alicyclic amines) is 1. The van der Waals surface area contributed by atoms with Gasteiger partial charge >= 0.3 is 0 Å². The van der Waals surface area contributed by atoms with Gasteiger partial charge in [0.1, 0.15) is 0 Å². The van der Waals surface area contributed by atoms with Crippen LogP contribution in [-0.2, 0) is 4.79 Å². The monoisotopic (exact) mass is 392 g/mol. The van der Waals surface area contributed by atoms with E-state index in [4.69, 9.17) is 0 Å². The molecule has 3 unspecified atom stereocenters. The van der Waals surface area contributed by atoms with E-state index in [1.807, 2.05) is 11.8 Å². The van der Waals surface area contributed by atoms with Gasteiger partial charge in [0.15, 0.2) is 5.96 Å². The average molecular weight is 393 g/mol. The Kier molecular flexibility index (Phi) is 5.43. The lowest BCUT2D eigenvalue weighted by Gasteiger charge is -2.18. The number of hydrogen-bond acceptors (Lipinski definition) is 2. The van der Waals surface area contributed by atoms with Crippen molar-refractivity contribution in [3.8, 4) is 0 Å². The molecule has 1 amide bonds. The first kappa shape index (κ1) is 17.3. The Balaban J connectivity index is 1.48. The van der Waals surface area contributed by atoms with Crippen LogP contribution in [0.4, 0.5) is 0 Å². The van der Waals surface area contributed by atoms with Crippen molar-refractivity contribution < 1.29 is 4.79 Å². The first-order valence-corrected chi connectivity index (χ1v) is 9.43. The molecular formula is C18H25BrN4O. The van der Waals surface area contributed by atoms with E-state index >= 15 is 0 Å². The minimum Gasteiger partial charge on any atom is -0.353 e. The Labute approximate surface area is 152 Å². The molecule has 2 N–H and O–H groups in total. The molecular weight excluding hydrogens is 368 g/mol. The van der Waals surface area contributed by atoms with Crippen LogP contribution < -0.4 is 10.6 Å². The summed E-state index contributed by atoms with van der Waals surface area (Å²) in [5.74, 6) is 1.63. The van der Waals surface area contributed by atoms with Gasteiger partial charge in [-0.05, 0) is 30.5 Å². The third-order valence-corrected chi connectivity index (χ3v) is 5.35. The summed E-state index contributed by atoms with van der Waals surface area (Å²) in [4.78, 5) is 18.1. The van der Waals surface area contributed by atoms with Crippen molar-refractivity contribution in [3.05, 3.63) is 34.3 Å². The summed E-state index contributed by atoms with van der Waals surface area (Å²) in [6, 6.07) is 9.27. The van der Waals surface area contributed by atoms with Crippen LogP contribution in [0.1, 0.15) is 37.7 Å². The summed E-state index contributed by atoms with van der Waals surface area (Å²) in [7, 11) is 1.80. The second kappa shape index (κ2) is 7.55. The maximum atomic E-state index is 11.8. The molecule has 1 heterocycles. The van der Waals surface area contributed by atoms with E-state index in [1.54, 1.807) is 7.05 Å². The molecule has 1 saturated heterocycles. The van der Waals surface area contributed by atoms with Gasteiger partial charge in [-0.15, -0.1) is 0 Å². The minimum absolute atomic E-state index is 0.236. The molecule has 1 saturated carbocycles. The van der Waals surface area contributed by atoms with Crippen LogP contribution >= 0.6 is 15.9 Å². The fourth-order valence-corrected chi connectivity index (χ4v) is 3.57. The van der Waals surface area contributed by atoms with Crippen molar-refractivity contribution in [1.82, 2.24) is 15.5 Å². The zero-order valence-electron chi connectivity index (χ0n) is 14.3. The highest BCUT2D eigenvalue weighted by Crippen LogP contribution is 2.41. The number of aliphatic imine (C=N–C) groups is 1. The smallest absolute Gasteiger partial charge is 0.222 e. The number of halogens is 1. The number of guanidine groups is 1. The van der Waals surface area contributed by atoms with E-state index in [2.05, 4.69) is 55.8 Å². The maximum absolute atomic E-state index is 11.8. The number of benzene rings is 1. The standard InChI is InChI=1S/C18H25BrN4O/c1-3-17(24)23-9-8-14(11-23)21-18(20-2)22-16-10-15(16)12-4-6-13(19)7-5-12/h4-7,14-16H,3,8-11H2,1-2H3,(H2,20,21,22). The molecule has 1 aliphatic carbocycles. The van der Waals surface area contributed by atoms with E-state index in [-0.39, 0.29) is 11.9 Å². The van der Waals surface area contributed by atoms with Gasteiger partial charge in [0, 0.05) is 49.0 Å². The number of carbonyl (C=O) groups is 1. The van der Waals surface area contributed by atoms with Crippen LogP contribution in [0.5, 0.6) is 0 Å². The third-order valence-electron chi connectivity index (χ3n) is 4.82. The predicted molar refractivity (Wildman–Crippen MR) is 100 cm³/mol. The van der Waals surface area contributed by atoms with E-state index in [9.17, 15) is 4.79 Å². The Morgan fingerprint density at radius 2 is 2.08 bits per heavy atom. The number of carbonyl (C=O) groups excluding carboxylic acids is 1. The van der Waals surface area contributed by atoms with Crippen LogP contribution in [0.25, 0.3) is 0 Å². The molecule has 130 valence electrons. The van der Waals surface area contributed by atoms with Crippen LogP contribution in [0.3, 0.4) is 0 Å². The van der Waals surface area contributed by atoms with Crippen molar-refractivity contribution in [3.63, 3.8) is 0 Å². The molecule has 6 heteroatoms. The zero-order valence-corrected chi connectivity index (χ0v) is 15.8. The maximum Gasteiger partial charge on any atom is 0.222 e. The lowest BCUT2D eigenvalue weighted by molar-refractivity contribution is -0.129. The quantitative estimate of drug-likeness (QED) is 0.611. The molecule has 1 aromatic carbocycles. The number of amides is 1. The summed E-state index contributed by atoms with van der Waals surface area (Å²) in [5.41, 5.74) is 1.37. The molecule has 1 aliphatic heterocycles. The van der Waals surface area contributed by atoms with E-state index in [1.165, 1.54) is 5.56 Å². The summed E-state index contributed by atoms with van der Waals surface area (Å²) >= 11 is 3.48. The number of nitrogens with zero attached hydrogens (tertiary/aromatic N) is 2. The van der Waals surface area contributed by atoms with Crippen molar-refractivity contribution in [1.29, 1.82) is 0 Å². The molecule has 0 bridgehead atoms. The molecule has 0 spiro atoms. The first-order chi connectivity index (χ1) is 11.6. The molecule has 0 radical (unpaired) electrons. The largest absolute Gasteiger partial charge is 0.353 e. The third kappa shape index (κ3) is 4.09. The molecule has 3 rings (SSSR count). The summed E-state index contributed by atoms with van der Waals surface area (Å²) in [6.45, 7) is 3.53. The average Bonchev–Trinajstić information content (AvgIpc) is 3.20. The first-order valence-electron chi connectivity index (χ1n) is 8.63. The van der Waals surface area contributed by atoms with Gasteiger partial charge in [0.25, 0.3) is 0 Å². The second-order valence-corrected chi connectivity index (χ2v) is 7.46. The molecule has 5 nitrogen and oxygen atoms in total. The van der Waals surface area contributed by atoms with Gasteiger partial charge in [-0.1, -0.05) is 35.0 Å². The SMILES string of the molecule is CCC(=O)N1CCC(NC(=NC)NC2CC2c2ccc(Br)cc2)C1. The van der Waals surface area contributed by atoms with Gasteiger partial charge in [-0.3, -0.25) is 9.79 Å². The minimum atomic E-state index is 0.236. The lowest BCUT2D eigenvalue weighted by atomic mass is 10.1. The Morgan fingerprint density at radius 3 is 2.75 bits per heavy atom. The van der Waals surface area contributed by atoms with Crippen LogP contribution in [0.2, 0.25) is 0 Å². The van der Waals surface area contributed by atoms with Gasteiger partial charge in [-0.25, -0.2) is 0 Å².